The monoisotopic (exact) mass is 918 g/mol. The number of thioether (sulfide) groups is 1. The summed E-state index contributed by atoms with van der Waals surface area (Å²) in [7, 11) is 3.24. The van der Waals surface area contributed by atoms with Crippen molar-refractivity contribution in [1.29, 1.82) is 0 Å². The van der Waals surface area contributed by atoms with E-state index in [1.807, 2.05) is 39.0 Å². The van der Waals surface area contributed by atoms with Crippen molar-refractivity contribution in [2.75, 3.05) is 40.4 Å². The molecule has 0 radical (unpaired) electrons. The molecule has 2 aromatic carbocycles. The van der Waals surface area contributed by atoms with Crippen LogP contribution in [0, 0.1) is 11.3 Å². The number of carbonyl (C=O) groups excluding carboxylic acids is 5. The number of pyridine rings is 1. The Morgan fingerprint density at radius 1 is 1.06 bits per heavy atom. The second-order valence-corrected chi connectivity index (χ2v) is 20.7. The molecule has 5 atom stereocenters. The van der Waals surface area contributed by atoms with Gasteiger partial charge in [-0.15, -0.1) is 11.8 Å². The molecular weight excluding hydrogens is 857 g/mol. The van der Waals surface area contributed by atoms with Crippen molar-refractivity contribution in [3.05, 3.63) is 90.3 Å². The number of likely N-dealkylation sites (tertiary alicyclic amines) is 1. The van der Waals surface area contributed by atoms with Crippen molar-refractivity contribution < 1.29 is 38.2 Å². The van der Waals surface area contributed by atoms with Crippen LogP contribution in [0.3, 0.4) is 0 Å². The van der Waals surface area contributed by atoms with Crippen molar-refractivity contribution in [2.45, 2.75) is 108 Å². The van der Waals surface area contributed by atoms with Crippen LogP contribution in [0.5, 0.6) is 0 Å². The van der Waals surface area contributed by atoms with Gasteiger partial charge in [0.05, 0.1) is 48.5 Å². The van der Waals surface area contributed by atoms with Crippen LogP contribution < -0.4 is 5.43 Å². The maximum absolute atomic E-state index is 15.0. The molecule has 0 saturated carbocycles. The second kappa shape index (κ2) is 18.6. The number of carbonyl (C=O) groups is 5. The van der Waals surface area contributed by atoms with Crippen LogP contribution in [0.15, 0.2) is 73.4 Å². The van der Waals surface area contributed by atoms with E-state index in [0.29, 0.717) is 32.4 Å². The van der Waals surface area contributed by atoms with E-state index >= 15 is 4.79 Å². The van der Waals surface area contributed by atoms with E-state index in [-0.39, 0.29) is 55.7 Å². The Hall–Kier alpha value is -5.51. The third kappa shape index (κ3) is 8.89. The molecule has 3 saturated heterocycles. The number of aryl methyl sites for hydroxylation is 1. The summed E-state index contributed by atoms with van der Waals surface area (Å²) in [6.45, 7) is 17.3. The Morgan fingerprint density at radius 3 is 2.53 bits per heavy atom. The predicted octanol–water partition coefficient (Wildman–Crippen LogP) is 7.17. The van der Waals surface area contributed by atoms with E-state index in [1.54, 1.807) is 20.4 Å². The molecule has 1 N–H and O–H groups in total. The number of nitrogens with zero attached hydrogens (tertiary/aromatic N) is 5. The van der Waals surface area contributed by atoms with Gasteiger partial charge in [-0.2, -0.15) is 0 Å². The fourth-order valence-corrected chi connectivity index (χ4v) is 11.4. The quantitative estimate of drug-likeness (QED) is 0.0979. The first-order chi connectivity index (χ1) is 31.5. The van der Waals surface area contributed by atoms with Gasteiger partial charge in [-0.1, -0.05) is 64.6 Å². The van der Waals surface area contributed by atoms with Crippen molar-refractivity contribution in [2.24, 2.45) is 11.3 Å². The maximum Gasteiger partial charge on any atom is 0.410 e. The van der Waals surface area contributed by atoms with Gasteiger partial charge in [-0.25, -0.2) is 10.2 Å². The fourth-order valence-electron chi connectivity index (χ4n) is 9.98. The molecule has 15 heteroatoms. The average Bonchev–Trinajstić information content (AvgIpc) is 3.95. The first kappa shape index (κ1) is 47.0. The predicted molar refractivity (Wildman–Crippen MR) is 254 cm³/mol. The van der Waals surface area contributed by atoms with E-state index in [1.165, 1.54) is 32.6 Å². The van der Waals surface area contributed by atoms with Crippen molar-refractivity contribution in [3.63, 3.8) is 0 Å². The molecule has 350 valence electrons. The van der Waals surface area contributed by atoms with E-state index in [2.05, 4.69) is 73.7 Å². The van der Waals surface area contributed by atoms with Gasteiger partial charge in [0.1, 0.15) is 16.9 Å². The Labute approximate surface area is 391 Å². The zero-order chi connectivity index (χ0) is 47.2. The number of likely N-dealkylation sites (N-methyl/N-ethyl adjacent to an activating group) is 1. The minimum atomic E-state index is -1.22. The minimum Gasteiger partial charge on any atom is -0.464 e. The number of benzene rings is 2. The summed E-state index contributed by atoms with van der Waals surface area (Å²) < 4.78 is 18.8. The van der Waals surface area contributed by atoms with Crippen LogP contribution in [0.4, 0.5) is 4.79 Å². The zero-order valence-corrected chi connectivity index (χ0v) is 40.1. The SMILES string of the molecule is C=CC(=O)N1CC(OC(=O)N(C)[C@H](C(=O)[C@H]2SC23Cc2cccc(c2)-c2ccc4c(c2)c(c(-c2cccnc2[C@H](C)OC)n4CC)CC(C)(C)COC(=O)[C@@H]2CCCN(N2)C3=O)C(C)C)C1. The number of aromatic nitrogens is 2. The summed E-state index contributed by atoms with van der Waals surface area (Å²) in [4.78, 5) is 77.1. The molecule has 4 aromatic rings. The first-order valence-electron chi connectivity index (χ1n) is 23.0. The standard InChI is InChI=1S/C51H62N6O8S/c1-10-41(58)55-27-35(28-55)65-49(62)54(8)43(30(3)4)45(59)46-51(66-46)25-32-15-12-16-33(23-32)34-19-20-40-37(24-34)38(44(56(40)11-2)36-17-13-21-52-42(36)31(5)63-9)26-50(6,7)29-64-47(60)39-18-14-22-57(53-39)48(51)61/h10,12-13,15-17,19-21,23-24,30-31,35,39,43,46,53H,1,11,14,18,22,25-29H2,2-9H3/t31-,39-,43-,46+,51?/m0/s1. The highest BCUT2D eigenvalue weighted by Gasteiger charge is 2.67. The molecule has 6 heterocycles. The molecule has 14 nitrogen and oxygen atoms in total. The summed E-state index contributed by atoms with van der Waals surface area (Å²) in [6.07, 6.45) is 3.46. The normalized spacial score (nSPS) is 22.9. The molecule has 0 aliphatic carbocycles. The average molecular weight is 919 g/mol. The van der Waals surface area contributed by atoms with Gasteiger partial charge >= 0.3 is 12.1 Å². The molecule has 6 bridgehead atoms. The van der Waals surface area contributed by atoms with Gasteiger partial charge in [0.2, 0.25) is 5.91 Å². The number of esters is 1. The molecule has 4 aliphatic heterocycles. The van der Waals surface area contributed by atoms with E-state index < -0.39 is 45.7 Å². The van der Waals surface area contributed by atoms with Gasteiger partial charge in [0.25, 0.3) is 5.91 Å². The first-order valence-corrected chi connectivity index (χ1v) is 23.9. The topological polar surface area (TPSA) is 153 Å². The van der Waals surface area contributed by atoms with Crippen LogP contribution in [-0.4, -0.2) is 123 Å². The Bertz CT molecular complexity index is 2570. The zero-order valence-electron chi connectivity index (χ0n) is 39.3. The van der Waals surface area contributed by atoms with Crippen LogP contribution in [0.25, 0.3) is 33.3 Å². The molecule has 2 aromatic heterocycles. The van der Waals surface area contributed by atoms with E-state index in [4.69, 9.17) is 19.2 Å². The highest BCUT2D eigenvalue weighted by atomic mass is 32.2. The van der Waals surface area contributed by atoms with Crippen molar-refractivity contribution in [1.82, 2.24) is 29.8 Å². The largest absolute Gasteiger partial charge is 0.464 e. The van der Waals surface area contributed by atoms with E-state index in [9.17, 15) is 19.2 Å². The lowest BCUT2D eigenvalue weighted by Crippen LogP contribution is -2.60. The van der Waals surface area contributed by atoms with Crippen LogP contribution in [0.1, 0.15) is 77.3 Å². The van der Waals surface area contributed by atoms with E-state index in [0.717, 1.165) is 50.1 Å². The molecule has 4 aliphatic rings. The molecule has 3 amide bonds. The number of ketones is 1. The van der Waals surface area contributed by atoms with Gasteiger partial charge in [-0.05, 0) is 98.0 Å². The lowest BCUT2D eigenvalue weighted by molar-refractivity contribution is -0.155. The fraction of sp³-hybridized carbons (Fsp3) is 0.490. The summed E-state index contributed by atoms with van der Waals surface area (Å²) in [6, 6.07) is 17.1. The number of hydrazine groups is 1. The van der Waals surface area contributed by atoms with Gasteiger partial charge in [0.15, 0.2) is 5.78 Å². The maximum atomic E-state index is 15.0. The number of hydrogen-bond donors (Lipinski definition) is 1. The Kier molecular flexibility index (Phi) is 13.3. The van der Waals surface area contributed by atoms with Crippen molar-refractivity contribution in [3.8, 4) is 22.4 Å². The highest BCUT2D eigenvalue weighted by molar-refractivity contribution is 8.10. The van der Waals surface area contributed by atoms with Crippen molar-refractivity contribution >= 4 is 52.3 Å². The smallest absolute Gasteiger partial charge is 0.410 e. The Morgan fingerprint density at radius 2 is 1.82 bits per heavy atom. The molecule has 1 spiro atoms. The third-order valence-electron chi connectivity index (χ3n) is 13.6. The Balaban J connectivity index is 1.18. The van der Waals surface area contributed by atoms with Gasteiger partial charge < -0.3 is 28.6 Å². The number of nitrogens with one attached hydrogen (secondary N) is 1. The third-order valence-corrected chi connectivity index (χ3v) is 15.2. The summed E-state index contributed by atoms with van der Waals surface area (Å²) in [5, 5.41) is 1.80. The van der Waals surface area contributed by atoms with Gasteiger partial charge in [0, 0.05) is 55.3 Å². The molecule has 8 rings (SSSR count). The van der Waals surface area contributed by atoms with Crippen LogP contribution in [-0.2, 0) is 52.8 Å². The second-order valence-electron chi connectivity index (χ2n) is 19.3. The van der Waals surface area contributed by atoms with Gasteiger partial charge in [-0.3, -0.25) is 29.2 Å². The number of hydrogen-bond acceptors (Lipinski definition) is 11. The minimum absolute atomic E-state index is 0.140. The summed E-state index contributed by atoms with van der Waals surface area (Å²) in [5.41, 5.74) is 10.6. The number of fused-ring (bicyclic) bond motifs is 6. The molecular formula is C51H62N6O8S. The van der Waals surface area contributed by atoms with Crippen LogP contribution in [0.2, 0.25) is 0 Å². The number of Topliss-reactive ketones (excluding diaryl/α,β-unsaturated/α-hetero) is 1. The number of cyclic esters (lactones) is 1. The number of amides is 3. The van der Waals surface area contributed by atoms with Crippen LogP contribution >= 0.6 is 11.8 Å². The number of ether oxygens (including phenoxy) is 3. The summed E-state index contributed by atoms with van der Waals surface area (Å²) >= 11 is 1.30. The number of rotatable bonds is 10. The molecule has 66 heavy (non-hydrogen) atoms. The number of methoxy groups -OCH3 is 1. The molecule has 3 fully saturated rings. The lowest BCUT2D eigenvalue weighted by Gasteiger charge is -2.39. The summed E-state index contributed by atoms with van der Waals surface area (Å²) in [5.74, 6) is -1.53. The lowest BCUT2D eigenvalue weighted by atomic mass is 9.84. The highest BCUT2D eigenvalue weighted by Crippen LogP contribution is 2.58. The molecule has 1 unspecified atom stereocenters.